The van der Waals surface area contributed by atoms with Crippen LogP contribution in [0.2, 0.25) is 0 Å². The molecular weight excluding hydrogens is 481 g/mol. The minimum absolute atomic E-state index is 0.148. The molecule has 1 atom stereocenters. The highest BCUT2D eigenvalue weighted by Gasteiger charge is 2.30. The minimum atomic E-state index is -4.45. The summed E-state index contributed by atoms with van der Waals surface area (Å²) in [6.07, 6.45) is 3.46. The molecule has 0 aliphatic carbocycles. The zero-order valence-electron chi connectivity index (χ0n) is 20.7. The van der Waals surface area contributed by atoms with E-state index >= 15 is 0 Å². The van der Waals surface area contributed by atoms with E-state index in [1.54, 1.807) is 18.6 Å². The second kappa shape index (κ2) is 11.5. The molecule has 0 saturated carbocycles. The number of ether oxygens (including phenoxy) is 1. The third kappa shape index (κ3) is 7.09. The van der Waals surface area contributed by atoms with Gasteiger partial charge in [0.2, 0.25) is 5.91 Å². The van der Waals surface area contributed by atoms with E-state index in [-0.39, 0.29) is 12.3 Å². The van der Waals surface area contributed by atoms with Crippen LogP contribution in [0.4, 0.5) is 13.2 Å². The van der Waals surface area contributed by atoms with Crippen LogP contribution in [0.3, 0.4) is 0 Å². The van der Waals surface area contributed by atoms with Gasteiger partial charge in [0, 0.05) is 47.4 Å². The third-order valence-electron chi connectivity index (χ3n) is 6.17. The number of H-pyrrole nitrogens is 1. The average molecular weight is 511 g/mol. The van der Waals surface area contributed by atoms with Crippen molar-refractivity contribution in [1.29, 1.82) is 0 Å². The van der Waals surface area contributed by atoms with Gasteiger partial charge in [0.1, 0.15) is 17.9 Å². The molecular formula is C28H29F3N4O2. The number of alkyl halides is 3. The number of nitrogens with one attached hydrogen (secondary N) is 2. The number of benzene rings is 1. The van der Waals surface area contributed by atoms with Crippen LogP contribution in [-0.4, -0.2) is 40.2 Å². The Morgan fingerprint density at radius 2 is 1.86 bits per heavy atom. The third-order valence-corrected chi connectivity index (χ3v) is 6.17. The van der Waals surface area contributed by atoms with Gasteiger partial charge in [0.15, 0.2) is 0 Å². The highest BCUT2D eigenvalue weighted by Crippen LogP contribution is 2.31. The lowest BCUT2D eigenvalue weighted by atomic mass is 9.88. The second-order valence-corrected chi connectivity index (χ2v) is 9.32. The maximum Gasteiger partial charge on any atom is 0.405 e. The molecule has 0 bridgehead atoms. The number of fused-ring (bicyclic) bond motifs is 1. The quantitative estimate of drug-likeness (QED) is 0.285. The topological polar surface area (TPSA) is 79.9 Å². The van der Waals surface area contributed by atoms with E-state index in [9.17, 15) is 18.0 Å². The van der Waals surface area contributed by atoms with E-state index < -0.39 is 24.5 Å². The van der Waals surface area contributed by atoms with Crippen molar-refractivity contribution in [3.05, 3.63) is 78.4 Å². The Labute approximate surface area is 213 Å². The highest BCUT2D eigenvalue weighted by molar-refractivity contribution is 5.94. The molecule has 37 heavy (non-hydrogen) atoms. The molecule has 9 heteroatoms. The summed E-state index contributed by atoms with van der Waals surface area (Å²) in [7, 11) is 0. The Morgan fingerprint density at radius 3 is 2.59 bits per heavy atom. The molecule has 4 aromatic rings. The molecule has 3 aromatic heterocycles. The van der Waals surface area contributed by atoms with Crippen LogP contribution in [0.1, 0.15) is 25.0 Å². The van der Waals surface area contributed by atoms with Crippen LogP contribution in [0.5, 0.6) is 5.75 Å². The van der Waals surface area contributed by atoms with E-state index in [2.05, 4.69) is 27.1 Å². The molecule has 1 amide bonds. The summed E-state index contributed by atoms with van der Waals surface area (Å²) in [4.78, 5) is 24.4. The fourth-order valence-corrected chi connectivity index (χ4v) is 4.18. The van der Waals surface area contributed by atoms with Gasteiger partial charge in [-0.25, -0.2) is 4.98 Å². The Morgan fingerprint density at radius 1 is 1.08 bits per heavy atom. The van der Waals surface area contributed by atoms with E-state index in [0.29, 0.717) is 18.0 Å². The van der Waals surface area contributed by atoms with Gasteiger partial charge in [0.05, 0.1) is 12.8 Å². The summed E-state index contributed by atoms with van der Waals surface area (Å²) in [6, 6.07) is 13.9. The van der Waals surface area contributed by atoms with Gasteiger partial charge >= 0.3 is 6.18 Å². The first kappa shape index (κ1) is 26.2. The second-order valence-electron chi connectivity index (χ2n) is 9.32. The predicted molar refractivity (Wildman–Crippen MR) is 136 cm³/mol. The van der Waals surface area contributed by atoms with E-state index in [1.165, 1.54) is 5.56 Å². The number of carbonyl (C=O) groups is 1. The molecule has 1 unspecified atom stereocenters. The van der Waals surface area contributed by atoms with Gasteiger partial charge in [-0.05, 0) is 35.6 Å². The van der Waals surface area contributed by atoms with Crippen molar-refractivity contribution in [1.82, 2.24) is 20.3 Å². The van der Waals surface area contributed by atoms with Crippen LogP contribution in [-0.2, 0) is 17.6 Å². The Hall–Kier alpha value is -3.88. The number of aromatic amines is 1. The summed E-state index contributed by atoms with van der Waals surface area (Å²) in [6.45, 7) is 2.81. The van der Waals surface area contributed by atoms with Crippen LogP contribution < -0.4 is 10.1 Å². The number of hydrogen-bond donors (Lipinski definition) is 2. The molecule has 0 saturated heterocycles. The number of aromatic nitrogens is 3. The zero-order valence-corrected chi connectivity index (χ0v) is 20.7. The van der Waals surface area contributed by atoms with Crippen LogP contribution in [0, 0.1) is 11.8 Å². The number of amides is 1. The van der Waals surface area contributed by atoms with Crippen molar-refractivity contribution >= 4 is 16.9 Å². The molecule has 194 valence electrons. The van der Waals surface area contributed by atoms with Crippen molar-refractivity contribution in [2.45, 2.75) is 32.9 Å². The largest absolute Gasteiger partial charge is 0.492 e. The lowest BCUT2D eigenvalue weighted by Crippen LogP contribution is -2.40. The Kier molecular flexibility index (Phi) is 8.11. The normalized spacial score (nSPS) is 12.6. The first-order valence-corrected chi connectivity index (χ1v) is 12.1. The van der Waals surface area contributed by atoms with Gasteiger partial charge in [-0.2, -0.15) is 13.2 Å². The number of pyridine rings is 2. The predicted octanol–water partition coefficient (Wildman–Crippen LogP) is 5.74. The number of halogens is 3. The number of hydrogen-bond acceptors (Lipinski definition) is 4. The lowest BCUT2D eigenvalue weighted by Gasteiger charge is -2.21. The van der Waals surface area contributed by atoms with Gasteiger partial charge in [-0.3, -0.25) is 9.78 Å². The molecule has 0 radical (unpaired) electrons. The van der Waals surface area contributed by atoms with Gasteiger partial charge in [-0.15, -0.1) is 0 Å². The number of nitrogens with zero attached hydrogens (tertiary/aromatic N) is 2. The summed E-state index contributed by atoms with van der Waals surface area (Å²) >= 11 is 0. The maximum absolute atomic E-state index is 12.6. The monoisotopic (exact) mass is 510 g/mol. The first-order valence-electron chi connectivity index (χ1n) is 12.1. The summed E-state index contributed by atoms with van der Waals surface area (Å²) in [5, 5.41) is 2.87. The first-order chi connectivity index (χ1) is 17.7. The molecule has 6 nitrogen and oxygen atoms in total. The molecule has 4 rings (SSSR count). The average Bonchev–Trinajstić information content (AvgIpc) is 3.29. The molecule has 1 aromatic carbocycles. The van der Waals surface area contributed by atoms with Gasteiger partial charge in [0.25, 0.3) is 0 Å². The highest BCUT2D eigenvalue weighted by atomic mass is 19.4. The van der Waals surface area contributed by atoms with Crippen LogP contribution >= 0.6 is 0 Å². The molecule has 3 heterocycles. The van der Waals surface area contributed by atoms with Crippen molar-refractivity contribution in [3.63, 3.8) is 0 Å². The Balaban J connectivity index is 1.49. The number of carbonyl (C=O) groups excluding carboxylic acids is 1. The van der Waals surface area contributed by atoms with Crippen molar-refractivity contribution in [2.75, 3.05) is 13.2 Å². The fourth-order valence-electron chi connectivity index (χ4n) is 4.18. The minimum Gasteiger partial charge on any atom is -0.492 e. The summed E-state index contributed by atoms with van der Waals surface area (Å²) in [5.41, 5.74) is 4.32. The van der Waals surface area contributed by atoms with Crippen molar-refractivity contribution in [3.8, 4) is 16.9 Å². The van der Waals surface area contributed by atoms with Crippen molar-refractivity contribution in [2.24, 2.45) is 11.8 Å². The lowest BCUT2D eigenvalue weighted by molar-refractivity contribution is -0.141. The SMILES string of the molecule is CC(C)C(Cc1cncc(-c2c[nH]c3ncc(OCCc4ccccc4)cc23)c1)C(=O)NCC(F)(F)F. The van der Waals surface area contributed by atoms with Crippen molar-refractivity contribution < 1.29 is 22.7 Å². The fraction of sp³-hybridized carbons (Fsp3) is 0.321. The molecule has 0 spiro atoms. The van der Waals surface area contributed by atoms with E-state index in [4.69, 9.17) is 4.74 Å². The van der Waals surface area contributed by atoms with E-state index in [1.807, 2.05) is 55.7 Å². The van der Waals surface area contributed by atoms with Crippen LogP contribution in [0.15, 0.2) is 67.3 Å². The smallest absolute Gasteiger partial charge is 0.405 e. The molecule has 0 fully saturated rings. The molecule has 2 N–H and O–H groups in total. The molecule has 0 aliphatic rings. The summed E-state index contributed by atoms with van der Waals surface area (Å²) < 4.78 is 43.7. The summed E-state index contributed by atoms with van der Waals surface area (Å²) in [5.74, 6) is -0.737. The van der Waals surface area contributed by atoms with Gasteiger partial charge in [-0.1, -0.05) is 44.2 Å². The van der Waals surface area contributed by atoms with Crippen LogP contribution in [0.25, 0.3) is 22.2 Å². The molecule has 0 aliphatic heterocycles. The number of rotatable bonds is 10. The van der Waals surface area contributed by atoms with E-state index in [0.717, 1.165) is 28.5 Å². The Bertz CT molecular complexity index is 1340. The standard InChI is InChI=1S/C28H29F3N4O2/c1-18(2)23(27(36)35-17-28(29,30)31)11-20-10-21(14-32-13-20)25-16-34-26-24(25)12-22(15-33-26)37-9-8-19-6-4-3-5-7-19/h3-7,10,12-16,18,23H,8-9,11,17H2,1-2H3,(H,33,34)(H,35,36). The zero-order chi connectivity index (χ0) is 26.4. The maximum atomic E-state index is 12.6. The van der Waals surface area contributed by atoms with Gasteiger partial charge < -0.3 is 15.0 Å².